The number of urea groups is 1. The van der Waals surface area contributed by atoms with E-state index >= 15 is 0 Å². The third-order valence-electron chi connectivity index (χ3n) is 3.22. The summed E-state index contributed by atoms with van der Waals surface area (Å²) in [7, 11) is 1.31. The van der Waals surface area contributed by atoms with Crippen LogP contribution < -0.4 is 5.32 Å². The van der Waals surface area contributed by atoms with Gasteiger partial charge in [0.15, 0.2) is 6.10 Å². The van der Waals surface area contributed by atoms with Crippen molar-refractivity contribution < 1.29 is 29.3 Å². The number of aliphatic hydroxyl groups excluding tert-OH is 1. The van der Waals surface area contributed by atoms with Crippen LogP contribution in [-0.2, 0) is 14.3 Å². The first-order valence-corrected chi connectivity index (χ1v) is 6.47. The summed E-state index contributed by atoms with van der Waals surface area (Å²) >= 11 is 0. The molecule has 3 N–H and O–H groups in total. The van der Waals surface area contributed by atoms with E-state index in [2.05, 4.69) is 10.1 Å². The highest BCUT2D eigenvalue weighted by Crippen LogP contribution is 2.17. The van der Waals surface area contributed by atoms with Crippen LogP contribution in [0.1, 0.15) is 19.3 Å². The van der Waals surface area contributed by atoms with Crippen molar-refractivity contribution in [3.8, 4) is 0 Å². The van der Waals surface area contributed by atoms with Crippen molar-refractivity contribution >= 4 is 18.0 Å². The van der Waals surface area contributed by atoms with Gasteiger partial charge in [0.05, 0.1) is 13.0 Å². The Kier molecular flexibility index (Phi) is 6.23. The summed E-state index contributed by atoms with van der Waals surface area (Å²) in [5.74, 6) is -1.96. The van der Waals surface area contributed by atoms with Crippen LogP contribution in [0.3, 0.4) is 0 Å². The van der Waals surface area contributed by atoms with E-state index in [1.165, 1.54) is 12.0 Å². The van der Waals surface area contributed by atoms with Crippen molar-refractivity contribution in [2.75, 3.05) is 26.7 Å². The largest absolute Gasteiger partial charge is 0.479 e. The number of carboxylic acid groups (broad SMARTS) is 1. The topological polar surface area (TPSA) is 116 Å². The molecule has 1 rings (SSSR count). The van der Waals surface area contributed by atoms with E-state index in [9.17, 15) is 14.4 Å². The molecule has 1 heterocycles. The van der Waals surface area contributed by atoms with E-state index in [-0.39, 0.29) is 30.9 Å². The molecule has 0 radical (unpaired) electrons. The summed E-state index contributed by atoms with van der Waals surface area (Å²) in [5, 5.41) is 20.1. The van der Waals surface area contributed by atoms with Crippen molar-refractivity contribution in [3.05, 3.63) is 0 Å². The zero-order valence-corrected chi connectivity index (χ0v) is 11.4. The molecule has 0 saturated carbocycles. The zero-order valence-electron chi connectivity index (χ0n) is 11.4. The van der Waals surface area contributed by atoms with Gasteiger partial charge in [0.1, 0.15) is 0 Å². The number of hydrogen-bond donors (Lipinski definition) is 3. The number of carbonyl (C=O) groups is 3. The summed E-state index contributed by atoms with van der Waals surface area (Å²) in [4.78, 5) is 35.2. The summed E-state index contributed by atoms with van der Waals surface area (Å²) in [6, 6.07) is -0.365. The van der Waals surface area contributed by atoms with Gasteiger partial charge in [-0.05, 0) is 12.8 Å². The first kappa shape index (κ1) is 16.2. The summed E-state index contributed by atoms with van der Waals surface area (Å²) in [6.45, 7) is 0.895. The van der Waals surface area contributed by atoms with Gasteiger partial charge in [0.25, 0.3) is 0 Å². The molecule has 1 saturated heterocycles. The molecule has 0 aromatic rings. The van der Waals surface area contributed by atoms with Crippen LogP contribution in [0.25, 0.3) is 0 Å². The quantitative estimate of drug-likeness (QED) is 0.583. The average molecular weight is 288 g/mol. The third-order valence-corrected chi connectivity index (χ3v) is 3.22. The molecule has 0 aliphatic carbocycles. The van der Waals surface area contributed by atoms with Crippen molar-refractivity contribution in [1.29, 1.82) is 0 Å². The van der Waals surface area contributed by atoms with E-state index < -0.39 is 12.1 Å². The molecule has 2 unspecified atom stereocenters. The number of aliphatic carboxylic acids is 1. The smallest absolute Gasteiger partial charge is 0.332 e. The Balaban J connectivity index is 2.35. The molecular formula is C12H20N2O6. The summed E-state index contributed by atoms with van der Waals surface area (Å²) in [5.41, 5.74) is 0. The summed E-state index contributed by atoms with van der Waals surface area (Å²) < 4.78 is 4.66. The molecule has 1 aliphatic heterocycles. The molecular weight excluding hydrogens is 268 g/mol. The van der Waals surface area contributed by atoms with Crippen molar-refractivity contribution in [3.63, 3.8) is 0 Å². The van der Waals surface area contributed by atoms with Gasteiger partial charge in [0.2, 0.25) is 0 Å². The second-order valence-corrected chi connectivity index (χ2v) is 4.68. The van der Waals surface area contributed by atoms with E-state index in [1.54, 1.807) is 0 Å². The SMILES string of the molecule is COC(=O)C1CCCN(C(=O)NCCC(O)C(=O)O)C1. The van der Waals surface area contributed by atoms with Gasteiger partial charge in [-0.1, -0.05) is 0 Å². The molecule has 2 amide bonds. The second-order valence-electron chi connectivity index (χ2n) is 4.68. The minimum absolute atomic E-state index is 0.0602. The van der Waals surface area contributed by atoms with E-state index in [0.717, 1.165) is 0 Å². The number of carboxylic acids is 1. The number of rotatable bonds is 5. The van der Waals surface area contributed by atoms with Gasteiger partial charge in [0, 0.05) is 26.1 Å². The molecule has 0 aromatic carbocycles. The van der Waals surface area contributed by atoms with Gasteiger partial charge in [-0.25, -0.2) is 9.59 Å². The van der Waals surface area contributed by atoms with Gasteiger partial charge in [-0.2, -0.15) is 0 Å². The second kappa shape index (κ2) is 7.68. The van der Waals surface area contributed by atoms with Crippen LogP contribution in [0.4, 0.5) is 4.79 Å². The number of piperidine rings is 1. The molecule has 0 spiro atoms. The molecule has 1 aliphatic rings. The van der Waals surface area contributed by atoms with Crippen LogP contribution in [0.15, 0.2) is 0 Å². The minimum atomic E-state index is -1.49. The Hall–Kier alpha value is -1.83. The number of ether oxygens (including phenoxy) is 1. The highest BCUT2D eigenvalue weighted by atomic mass is 16.5. The molecule has 0 aromatic heterocycles. The molecule has 114 valence electrons. The number of hydrogen-bond acceptors (Lipinski definition) is 5. The number of carbonyl (C=O) groups excluding carboxylic acids is 2. The van der Waals surface area contributed by atoms with E-state index in [1.807, 2.05) is 0 Å². The number of nitrogens with one attached hydrogen (secondary N) is 1. The third kappa shape index (κ3) is 4.69. The van der Waals surface area contributed by atoms with Crippen LogP contribution >= 0.6 is 0 Å². The number of esters is 1. The number of amides is 2. The fraction of sp³-hybridized carbons (Fsp3) is 0.750. The Morgan fingerprint density at radius 2 is 2.15 bits per heavy atom. The Bertz CT molecular complexity index is 373. The van der Waals surface area contributed by atoms with Crippen LogP contribution in [-0.4, -0.2) is 65.9 Å². The predicted molar refractivity (Wildman–Crippen MR) is 68.0 cm³/mol. The molecule has 1 fully saturated rings. The summed E-state index contributed by atoms with van der Waals surface area (Å²) in [6.07, 6.45) is -0.145. The fourth-order valence-electron chi connectivity index (χ4n) is 2.07. The van der Waals surface area contributed by atoms with Crippen molar-refractivity contribution in [2.24, 2.45) is 5.92 Å². The molecule has 20 heavy (non-hydrogen) atoms. The highest BCUT2D eigenvalue weighted by Gasteiger charge is 2.28. The van der Waals surface area contributed by atoms with Gasteiger partial charge in [-0.3, -0.25) is 4.79 Å². The zero-order chi connectivity index (χ0) is 15.1. The maximum Gasteiger partial charge on any atom is 0.332 e. The normalized spacial score (nSPS) is 20.1. The standard InChI is InChI=1S/C12H20N2O6/c1-20-11(18)8-3-2-6-14(7-8)12(19)13-5-4-9(15)10(16)17/h8-9,15H,2-7H2,1H3,(H,13,19)(H,16,17). The molecule has 0 bridgehead atoms. The molecule has 8 nitrogen and oxygen atoms in total. The lowest BCUT2D eigenvalue weighted by atomic mass is 9.98. The Labute approximate surface area is 116 Å². The lowest BCUT2D eigenvalue weighted by Gasteiger charge is -2.31. The number of methoxy groups -OCH3 is 1. The number of nitrogens with zero attached hydrogens (tertiary/aromatic N) is 1. The lowest BCUT2D eigenvalue weighted by Crippen LogP contribution is -2.47. The Morgan fingerprint density at radius 3 is 2.75 bits per heavy atom. The first-order chi connectivity index (χ1) is 9.45. The van der Waals surface area contributed by atoms with Gasteiger partial charge >= 0.3 is 18.0 Å². The van der Waals surface area contributed by atoms with Crippen LogP contribution in [0.2, 0.25) is 0 Å². The molecule has 8 heteroatoms. The van der Waals surface area contributed by atoms with Crippen LogP contribution in [0, 0.1) is 5.92 Å². The lowest BCUT2D eigenvalue weighted by molar-refractivity contribution is -0.147. The first-order valence-electron chi connectivity index (χ1n) is 6.47. The Morgan fingerprint density at radius 1 is 1.45 bits per heavy atom. The maximum atomic E-state index is 11.8. The average Bonchev–Trinajstić information content (AvgIpc) is 2.46. The predicted octanol–water partition coefficient (Wildman–Crippen LogP) is -0.583. The van der Waals surface area contributed by atoms with E-state index in [4.69, 9.17) is 10.2 Å². The van der Waals surface area contributed by atoms with Gasteiger partial charge < -0.3 is 25.2 Å². The molecule has 2 atom stereocenters. The fourth-order valence-corrected chi connectivity index (χ4v) is 2.07. The minimum Gasteiger partial charge on any atom is -0.479 e. The van der Waals surface area contributed by atoms with Crippen molar-refractivity contribution in [2.45, 2.75) is 25.4 Å². The number of likely N-dealkylation sites (tertiary alicyclic amines) is 1. The number of aliphatic hydroxyl groups is 1. The van der Waals surface area contributed by atoms with Crippen molar-refractivity contribution in [1.82, 2.24) is 10.2 Å². The maximum absolute atomic E-state index is 11.8. The highest BCUT2D eigenvalue weighted by molar-refractivity contribution is 5.77. The van der Waals surface area contributed by atoms with Gasteiger partial charge in [-0.15, -0.1) is 0 Å². The van der Waals surface area contributed by atoms with Crippen LogP contribution in [0.5, 0.6) is 0 Å². The van der Waals surface area contributed by atoms with E-state index in [0.29, 0.717) is 25.9 Å². The monoisotopic (exact) mass is 288 g/mol.